The van der Waals surface area contributed by atoms with E-state index < -0.39 is 18.0 Å². The molecule has 1 aromatic carbocycles. The minimum atomic E-state index is -0.832. The van der Waals surface area contributed by atoms with Crippen LogP contribution in [0.2, 0.25) is 0 Å². The summed E-state index contributed by atoms with van der Waals surface area (Å²) in [4.78, 5) is 25.5. The summed E-state index contributed by atoms with van der Waals surface area (Å²) >= 11 is 0. The lowest BCUT2D eigenvalue weighted by Gasteiger charge is -2.38. The largest absolute Gasteiger partial charge is 0.356 e. The van der Waals surface area contributed by atoms with Crippen LogP contribution in [-0.4, -0.2) is 43.0 Å². The number of carbonyl (C=O) groups excluding carboxylic acids is 2. The first-order valence-corrected chi connectivity index (χ1v) is 6.95. The number of benzene rings is 1. The van der Waals surface area contributed by atoms with E-state index in [4.69, 9.17) is 4.74 Å². The van der Waals surface area contributed by atoms with E-state index >= 15 is 0 Å². The van der Waals surface area contributed by atoms with Gasteiger partial charge in [-0.3, -0.25) is 9.59 Å². The highest BCUT2D eigenvalue weighted by Gasteiger charge is 2.39. The van der Waals surface area contributed by atoms with Crippen LogP contribution in [0.4, 0.5) is 4.39 Å². The minimum absolute atomic E-state index is 0.146. The molecular formula is C15H19FN2O3. The number of halogens is 1. The van der Waals surface area contributed by atoms with E-state index in [0.717, 1.165) is 6.42 Å². The molecule has 1 saturated heterocycles. The molecule has 1 heterocycles. The molecule has 1 N–H and O–H groups in total. The molecule has 1 aliphatic heterocycles. The van der Waals surface area contributed by atoms with Gasteiger partial charge in [0, 0.05) is 13.6 Å². The second kappa shape index (κ2) is 6.67. The number of nitrogens with zero attached hydrogens (tertiary/aromatic N) is 1. The van der Waals surface area contributed by atoms with Crippen molar-refractivity contribution < 1.29 is 18.7 Å². The molecule has 1 aromatic rings. The molecule has 0 bridgehead atoms. The average Bonchev–Trinajstić information content (AvgIpc) is 2.47. The lowest BCUT2D eigenvalue weighted by Crippen LogP contribution is -2.53. The summed E-state index contributed by atoms with van der Waals surface area (Å²) in [6.07, 6.45) is -0.0289. The molecule has 0 radical (unpaired) electrons. The zero-order valence-corrected chi connectivity index (χ0v) is 12.1. The van der Waals surface area contributed by atoms with E-state index in [1.54, 1.807) is 19.2 Å². The molecule has 1 fully saturated rings. The molecule has 6 heteroatoms. The highest BCUT2D eigenvalue weighted by atomic mass is 19.1. The third kappa shape index (κ3) is 3.39. The molecule has 21 heavy (non-hydrogen) atoms. The first-order chi connectivity index (χ1) is 10.0. The maximum atomic E-state index is 13.4. The van der Waals surface area contributed by atoms with Crippen molar-refractivity contribution in [2.75, 3.05) is 20.2 Å². The van der Waals surface area contributed by atoms with Crippen molar-refractivity contribution in [3.8, 4) is 0 Å². The molecule has 0 aliphatic carbocycles. The Hall–Kier alpha value is -1.95. The Kier molecular flexibility index (Phi) is 4.90. The third-order valence-electron chi connectivity index (χ3n) is 3.48. The summed E-state index contributed by atoms with van der Waals surface area (Å²) in [7, 11) is 1.60. The second-order valence-corrected chi connectivity index (χ2v) is 5.03. The molecule has 0 spiro atoms. The molecule has 1 aliphatic rings. The van der Waals surface area contributed by atoms with Gasteiger partial charge >= 0.3 is 0 Å². The predicted octanol–water partition coefficient (Wildman–Crippen LogP) is 1.25. The van der Waals surface area contributed by atoms with Crippen LogP contribution in [0.1, 0.15) is 24.9 Å². The Bertz CT molecular complexity index is 535. The van der Waals surface area contributed by atoms with Crippen molar-refractivity contribution in [1.29, 1.82) is 0 Å². The number of amides is 2. The van der Waals surface area contributed by atoms with Crippen LogP contribution in [0.15, 0.2) is 24.3 Å². The van der Waals surface area contributed by atoms with Gasteiger partial charge in [-0.15, -0.1) is 0 Å². The first kappa shape index (κ1) is 15.4. The van der Waals surface area contributed by atoms with Crippen LogP contribution >= 0.6 is 0 Å². The Balaban J connectivity index is 2.29. The summed E-state index contributed by atoms with van der Waals surface area (Å²) in [6.45, 7) is 2.33. The smallest absolute Gasteiger partial charge is 0.251 e. The Morgan fingerprint density at radius 2 is 2.29 bits per heavy atom. The van der Waals surface area contributed by atoms with Crippen LogP contribution < -0.4 is 5.32 Å². The van der Waals surface area contributed by atoms with E-state index in [2.05, 4.69) is 5.32 Å². The predicted molar refractivity (Wildman–Crippen MR) is 75.0 cm³/mol. The highest BCUT2D eigenvalue weighted by molar-refractivity contribution is 5.86. The van der Waals surface area contributed by atoms with Crippen LogP contribution in [-0.2, 0) is 14.3 Å². The Morgan fingerprint density at radius 3 is 2.95 bits per heavy atom. The van der Waals surface area contributed by atoms with Gasteiger partial charge in [-0.25, -0.2) is 4.39 Å². The van der Waals surface area contributed by atoms with Crippen molar-refractivity contribution >= 4 is 11.8 Å². The zero-order chi connectivity index (χ0) is 15.4. The molecule has 0 aromatic heterocycles. The highest BCUT2D eigenvalue weighted by Crippen LogP contribution is 2.29. The summed E-state index contributed by atoms with van der Waals surface area (Å²) in [5.74, 6) is -0.930. The summed E-state index contributed by atoms with van der Waals surface area (Å²) in [5, 5.41) is 2.76. The lowest BCUT2D eigenvalue weighted by atomic mass is 9.97. The SMILES string of the molecule is CCCNC(=O)[C@@H]1OCC(=O)N(C)[C@H]1c1cccc(F)c1. The Labute approximate surface area is 123 Å². The van der Waals surface area contributed by atoms with Crippen molar-refractivity contribution in [3.63, 3.8) is 0 Å². The van der Waals surface area contributed by atoms with Gasteiger partial charge in [-0.1, -0.05) is 19.1 Å². The molecular weight excluding hydrogens is 275 g/mol. The molecule has 2 amide bonds. The molecule has 2 rings (SSSR count). The van der Waals surface area contributed by atoms with Gasteiger partial charge in [0.1, 0.15) is 12.4 Å². The first-order valence-electron chi connectivity index (χ1n) is 6.95. The average molecular weight is 294 g/mol. The van der Waals surface area contributed by atoms with Gasteiger partial charge in [-0.05, 0) is 24.1 Å². The molecule has 0 unspecified atom stereocenters. The second-order valence-electron chi connectivity index (χ2n) is 5.03. The number of likely N-dealkylation sites (N-methyl/N-ethyl adjacent to an activating group) is 1. The number of ether oxygens (including phenoxy) is 1. The number of rotatable bonds is 4. The van der Waals surface area contributed by atoms with Crippen molar-refractivity contribution in [1.82, 2.24) is 10.2 Å². The number of hydrogen-bond acceptors (Lipinski definition) is 3. The Morgan fingerprint density at radius 1 is 1.52 bits per heavy atom. The van der Waals surface area contributed by atoms with Gasteiger partial charge in [-0.2, -0.15) is 0 Å². The third-order valence-corrected chi connectivity index (χ3v) is 3.48. The number of carbonyl (C=O) groups is 2. The van der Waals surface area contributed by atoms with Gasteiger partial charge in [0.25, 0.3) is 5.91 Å². The molecule has 2 atom stereocenters. The summed E-state index contributed by atoms with van der Waals surface area (Å²) < 4.78 is 18.8. The van der Waals surface area contributed by atoms with Crippen LogP contribution in [0.3, 0.4) is 0 Å². The zero-order valence-electron chi connectivity index (χ0n) is 12.1. The number of morpholine rings is 1. The van der Waals surface area contributed by atoms with Crippen LogP contribution in [0.5, 0.6) is 0 Å². The number of nitrogens with one attached hydrogen (secondary N) is 1. The fraction of sp³-hybridized carbons (Fsp3) is 0.467. The molecule has 114 valence electrons. The van der Waals surface area contributed by atoms with Crippen LogP contribution in [0, 0.1) is 5.82 Å². The van der Waals surface area contributed by atoms with E-state index in [1.807, 2.05) is 6.92 Å². The summed E-state index contributed by atoms with van der Waals surface area (Å²) in [6, 6.07) is 5.26. The maximum Gasteiger partial charge on any atom is 0.251 e. The minimum Gasteiger partial charge on any atom is -0.356 e. The van der Waals surface area contributed by atoms with Crippen LogP contribution in [0.25, 0.3) is 0 Å². The fourth-order valence-corrected chi connectivity index (χ4v) is 2.37. The molecule has 0 saturated carbocycles. The van der Waals surface area contributed by atoms with Crippen molar-refractivity contribution in [3.05, 3.63) is 35.6 Å². The lowest BCUT2D eigenvalue weighted by molar-refractivity contribution is -0.162. The van der Waals surface area contributed by atoms with Gasteiger partial charge in [0.15, 0.2) is 6.10 Å². The van der Waals surface area contributed by atoms with Crippen molar-refractivity contribution in [2.45, 2.75) is 25.5 Å². The monoisotopic (exact) mass is 294 g/mol. The topological polar surface area (TPSA) is 58.6 Å². The normalized spacial score (nSPS) is 22.2. The quantitative estimate of drug-likeness (QED) is 0.909. The van der Waals surface area contributed by atoms with E-state index in [9.17, 15) is 14.0 Å². The van der Waals surface area contributed by atoms with Gasteiger partial charge in [0.2, 0.25) is 5.91 Å². The number of hydrogen-bond donors (Lipinski definition) is 1. The standard InChI is InChI=1S/C15H19FN2O3/c1-3-7-17-15(20)14-13(18(2)12(19)9-21-14)10-5-4-6-11(16)8-10/h4-6,8,13-14H,3,7,9H2,1-2H3,(H,17,20)/t13-,14+/m0/s1. The van der Waals surface area contributed by atoms with E-state index in [-0.39, 0.29) is 18.4 Å². The van der Waals surface area contributed by atoms with Gasteiger partial charge < -0.3 is 15.0 Å². The van der Waals surface area contributed by atoms with Gasteiger partial charge in [0.05, 0.1) is 6.04 Å². The maximum absolute atomic E-state index is 13.4. The fourth-order valence-electron chi connectivity index (χ4n) is 2.37. The van der Waals surface area contributed by atoms with E-state index in [1.165, 1.54) is 17.0 Å². The summed E-state index contributed by atoms with van der Waals surface area (Å²) in [5.41, 5.74) is 0.544. The van der Waals surface area contributed by atoms with E-state index in [0.29, 0.717) is 12.1 Å². The molecule has 5 nitrogen and oxygen atoms in total. The van der Waals surface area contributed by atoms with Crippen molar-refractivity contribution in [2.24, 2.45) is 0 Å².